The number of aromatic nitrogens is 1. The fraction of sp³-hybridized carbons (Fsp3) is 0.200. The van der Waals surface area contributed by atoms with Crippen molar-refractivity contribution in [2.45, 2.75) is 18.9 Å². The highest BCUT2D eigenvalue weighted by Gasteiger charge is 2.36. The third-order valence-corrected chi connectivity index (χ3v) is 5.94. The smallest absolute Gasteiger partial charge is 0.277 e. The van der Waals surface area contributed by atoms with Crippen molar-refractivity contribution in [1.82, 2.24) is 9.58 Å². The molecule has 1 atom stereocenters. The number of fused-ring (bicyclic) bond motifs is 5. The van der Waals surface area contributed by atoms with E-state index >= 15 is 0 Å². The van der Waals surface area contributed by atoms with Gasteiger partial charge in [0, 0.05) is 18.8 Å². The predicted molar refractivity (Wildman–Crippen MR) is 119 cm³/mol. The van der Waals surface area contributed by atoms with Gasteiger partial charge in [-0.05, 0) is 29.5 Å². The summed E-state index contributed by atoms with van der Waals surface area (Å²) in [5.41, 5.74) is 2.72. The molecule has 0 fully saturated rings. The lowest BCUT2D eigenvalue weighted by Crippen LogP contribution is -2.55. The Kier molecular flexibility index (Phi) is 4.82. The van der Waals surface area contributed by atoms with Crippen LogP contribution in [0, 0.1) is 0 Å². The minimum atomic E-state index is -0.552. The molecule has 1 amide bonds. The van der Waals surface area contributed by atoms with E-state index in [4.69, 9.17) is 0 Å². The van der Waals surface area contributed by atoms with Crippen molar-refractivity contribution >= 4 is 12.0 Å². The molecule has 3 heterocycles. The van der Waals surface area contributed by atoms with E-state index < -0.39 is 11.2 Å². The van der Waals surface area contributed by atoms with Gasteiger partial charge in [-0.15, -0.1) is 0 Å². The maximum Gasteiger partial charge on any atom is 0.277 e. The average molecular weight is 413 g/mol. The quantitative estimate of drug-likeness (QED) is 0.663. The molecule has 6 heteroatoms. The molecule has 1 N–H and O–H groups in total. The maximum absolute atomic E-state index is 13.2. The van der Waals surface area contributed by atoms with Crippen molar-refractivity contribution in [2.75, 3.05) is 18.2 Å². The zero-order chi connectivity index (χ0) is 21.4. The highest BCUT2D eigenvalue weighted by molar-refractivity contribution is 5.96. The summed E-state index contributed by atoms with van der Waals surface area (Å²) in [6.45, 7) is 0.891. The van der Waals surface area contributed by atoms with E-state index in [0.29, 0.717) is 13.2 Å². The first-order chi connectivity index (χ1) is 15.1. The van der Waals surface area contributed by atoms with Gasteiger partial charge in [0.1, 0.15) is 6.67 Å². The number of benzene rings is 2. The van der Waals surface area contributed by atoms with Gasteiger partial charge in [-0.1, -0.05) is 66.7 Å². The topological polar surface area (TPSA) is 65.8 Å². The number of nitrogens with zero attached hydrogens (tertiary/aromatic N) is 3. The monoisotopic (exact) mass is 413 g/mol. The largest absolute Gasteiger partial charge is 0.502 e. The van der Waals surface area contributed by atoms with Crippen molar-refractivity contribution in [3.63, 3.8) is 0 Å². The van der Waals surface area contributed by atoms with Gasteiger partial charge < -0.3 is 10.0 Å². The van der Waals surface area contributed by atoms with Crippen LogP contribution < -0.4 is 10.4 Å². The van der Waals surface area contributed by atoms with Gasteiger partial charge in [-0.3, -0.25) is 19.3 Å². The number of carbonyl (C=O) groups is 1. The Morgan fingerprint density at radius 3 is 2.55 bits per heavy atom. The van der Waals surface area contributed by atoms with Crippen LogP contribution in [0.5, 0.6) is 5.75 Å². The van der Waals surface area contributed by atoms with Crippen molar-refractivity contribution in [3.8, 4) is 5.75 Å². The first-order valence-corrected chi connectivity index (χ1v) is 10.5. The number of carbonyl (C=O) groups excluding carboxylic acids is 1. The molecule has 3 aromatic rings. The number of pyridine rings is 1. The minimum Gasteiger partial charge on any atom is -0.502 e. The van der Waals surface area contributed by atoms with Crippen LogP contribution in [-0.2, 0) is 0 Å². The molecule has 0 spiro atoms. The summed E-state index contributed by atoms with van der Waals surface area (Å²) in [4.78, 5) is 27.1. The summed E-state index contributed by atoms with van der Waals surface area (Å²) in [7, 11) is 0. The predicted octanol–water partition coefficient (Wildman–Crippen LogP) is 3.50. The van der Waals surface area contributed by atoms with E-state index in [1.807, 2.05) is 35.3 Å². The number of aromatic hydroxyl groups is 1. The molecule has 5 rings (SSSR count). The standard InChI is InChI=1S/C25H23N3O3/c29-21-14-16-27-23(24(21)30)25(31)26-15-8-2-5-9-18-10-6-7-13-20(18)22(28(27)17-26)19-11-3-1-4-12-19/h1,3-7,9-14,16,22,30H,2,8,15,17H2/b9-5-/t22-/m0/s1. The summed E-state index contributed by atoms with van der Waals surface area (Å²) in [6, 6.07) is 19.4. The molecule has 31 heavy (non-hydrogen) atoms. The van der Waals surface area contributed by atoms with Gasteiger partial charge in [0.25, 0.3) is 5.91 Å². The van der Waals surface area contributed by atoms with Gasteiger partial charge in [-0.25, -0.2) is 0 Å². The van der Waals surface area contributed by atoms with Crippen molar-refractivity contribution < 1.29 is 9.90 Å². The Morgan fingerprint density at radius 1 is 0.935 bits per heavy atom. The van der Waals surface area contributed by atoms with Crippen LogP contribution in [0.3, 0.4) is 0 Å². The van der Waals surface area contributed by atoms with Crippen LogP contribution in [0.1, 0.15) is 46.1 Å². The van der Waals surface area contributed by atoms with Crippen molar-refractivity contribution in [2.24, 2.45) is 0 Å². The van der Waals surface area contributed by atoms with E-state index in [1.165, 1.54) is 6.07 Å². The number of amides is 1. The summed E-state index contributed by atoms with van der Waals surface area (Å²) in [6.07, 6.45) is 7.50. The molecule has 0 saturated heterocycles. The fourth-order valence-corrected chi connectivity index (χ4v) is 4.44. The SMILES string of the molecule is O=C1c2c(O)c(=O)ccn2N2CN1CCC/C=C\c1ccccc1[C@@H]2c1ccccc1. The summed E-state index contributed by atoms with van der Waals surface area (Å²) >= 11 is 0. The third-order valence-electron chi connectivity index (χ3n) is 5.94. The second kappa shape index (κ2) is 7.80. The molecular formula is C25H23N3O3. The Balaban J connectivity index is 1.80. The second-order valence-electron chi connectivity index (χ2n) is 7.86. The summed E-state index contributed by atoms with van der Waals surface area (Å²) in [5.74, 6) is -0.829. The highest BCUT2D eigenvalue weighted by Crippen LogP contribution is 2.34. The van der Waals surface area contributed by atoms with Crippen LogP contribution >= 0.6 is 0 Å². The molecule has 0 unspecified atom stereocenters. The van der Waals surface area contributed by atoms with E-state index in [1.54, 1.807) is 15.8 Å². The first kappa shape index (κ1) is 19.2. The van der Waals surface area contributed by atoms with Crippen LogP contribution in [-0.4, -0.2) is 33.8 Å². The van der Waals surface area contributed by atoms with Gasteiger partial charge >= 0.3 is 0 Å². The number of hydrogen-bond acceptors (Lipinski definition) is 4. The molecule has 1 aromatic heterocycles. The Bertz CT molecular complexity index is 1220. The lowest BCUT2D eigenvalue weighted by atomic mass is 9.93. The van der Waals surface area contributed by atoms with Gasteiger partial charge in [0.2, 0.25) is 5.43 Å². The third kappa shape index (κ3) is 3.30. The molecule has 0 saturated carbocycles. The van der Waals surface area contributed by atoms with Crippen LogP contribution in [0.15, 0.2) is 77.7 Å². The first-order valence-electron chi connectivity index (χ1n) is 10.5. The Labute approximate surface area is 180 Å². The normalized spacial score (nSPS) is 19.2. The molecular weight excluding hydrogens is 390 g/mol. The second-order valence-corrected chi connectivity index (χ2v) is 7.86. The maximum atomic E-state index is 13.2. The molecule has 156 valence electrons. The van der Waals surface area contributed by atoms with E-state index in [9.17, 15) is 14.7 Å². The lowest BCUT2D eigenvalue weighted by Gasteiger charge is -2.44. The number of hydrogen-bond donors (Lipinski definition) is 1. The van der Waals surface area contributed by atoms with Gasteiger partial charge in [0.15, 0.2) is 11.4 Å². The Morgan fingerprint density at radius 2 is 1.71 bits per heavy atom. The molecule has 2 aromatic carbocycles. The molecule has 2 bridgehead atoms. The molecule has 2 aliphatic rings. The number of allylic oxidation sites excluding steroid dienone is 1. The molecule has 0 radical (unpaired) electrons. The molecule has 2 aliphatic heterocycles. The van der Waals surface area contributed by atoms with Crippen LogP contribution in [0.25, 0.3) is 6.08 Å². The fourth-order valence-electron chi connectivity index (χ4n) is 4.44. The zero-order valence-corrected chi connectivity index (χ0v) is 17.0. The van der Waals surface area contributed by atoms with E-state index in [0.717, 1.165) is 29.5 Å². The average Bonchev–Trinajstić information content (AvgIpc) is 2.82. The molecule has 0 aliphatic carbocycles. The number of rotatable bonds is 1. The zero-order valence-electron chi connectivity index (χ0n) is 17.0. The Hall–Kier alpha value is -3.80. The van der Waals surface area contributed by atoms with Gasteiger partial charge in [-0.2, -0.15) is 0 Å². The van der Waals surface area contributed by atoms with Gasteiger partial charge in [0.05, 0.1) is 6.04 Å². The molecule has 6 nitrogen and oxygen atoms in total. The lowest BCUT2D eigenvalue weighted by molar-refractivity contribution is 0.0678. The van der Waals surface area contributed by atoms with Crippen LogP contribution in [0.4, 0.5) is 0 Å². The van der Waals surface area contributed by atoms with E-state index in [2.05, 4.69) is 36.4 Å². The van der Waals surface area contributed by atoms with E-state index in [-0.39, 0.29) is 17.6 Å². The summed E-state index contributed by atoms with van der Waals surface area (Å²) < 4.78 is 1.64. The summed E-state index contributed by atoms with van der Waals surface area (Å²) in [5, 5.41) is 12.6. The van der Waals surface area contributed by atoms with Crippen molar-refractivity contribution in [1.29, 1.82) is 0 Å². The minimum absolute atomic E-state index is 0.0179. The highest BCUT2D eigenvalue weighted by atomic mass is 16.3. The van der Waals surface area contributed by atoms with Crippen LogP contribution in [0.2, 0.25) is 0 Å². The van der Waals surface area contributed by atoms with Crippen molar-refractivity contribution in [3.05, 3.63) is 106 Å².